The average Bonchev–Trinajstić information content (AvgIpc) is 2.77. The zero-order valence-corrected chi connectivity index (χ0v) is 11.5. The standard InChI is InChI=1S/C16H16FN3/c1-11-6-8-12(9-7-11)18-10-15-19-16-13(17)4-3-5-14(16)20(15)2/h3-9,18H,10H2,1-2H3. The number of benzene rings is 2. The number of imidazole rings is 1. The first-order valence-corrected chi connectivity index (χ1v) is 6.55. The van der Waals surface area contributed by atoms with Gasteiger partial charge in [0.25, 0.3) is 0 Å². The Hall–Kier alpha value is -2.36. The van der Waals surface area contributed by atoms with E-state index < -0.39 is 0 Å². The van der Waals surface area contributed by atoms with Gasteiger partial charge in [0.1, 0.15) is 11.3 Å². The highest BCUT2D eigenvalue weighted by Gasteiger charge is 2.10. The van der Waals surface area contributed by atoms with Crippen molar-refractivity contribution < 1.29 is 4.39 Å². The minimum atomic E-state index is -0.278. The van der Waals surface area contributed by atoms with Gasteiger partial charge < -0.3 is 9.88 Å². The number of hydrogen-bond donors (Lipinski definition) is 1. The van der Waals surface area contributed by atoms with Gasteiger partial charge >= 0.3 is 0 Å². The number of nitrogens with one attached hydrogen (secondary N) is 1. The van der Waals surface area contributed by atoms with E-state index in [1.54, 1.807) is 6.07 Å². The molecule has 0 saturated heterocycles. The van der Waals surface area contributed by atoms with Gasteiger partial charge in [-0.25, -0.2) is 9.37 Å². The van der Waals surface area contributed by atoms with Gasteiger partial charge in [0, 0.05) is 12.7 Å². The van der Waals surface area contributed by atoms with Crippen LogP contribution in [-0.2, 0) is 13.6 Å². The monoisotopic (exact) mass is 269 g/mol. The number of para-hydroxylation sites is 1. The van der Waals surface area contributed by atoms with Crippen molar-refractivity contribution in [1.82, 2.24) is 9.55 Å². The predicted octanol–water partition coefficient (Wildman–Crippen LogP) is 3.63. The summed E-state index contributed by atoms with van der Waals surface area (Å²) < 4.78 is 15.6. The van der Waals surface area contributed by atoms with E-state index in [1.165, 1.54) is 11.6 Å². The summed E-state index contributed by atoms with van der Waals surface area (Å²) in [4.78, 5) is 4.37. The molecule has 0 spiro atoms. The van der Waals surface area contributed by atoms with Crippen molar-refractivity contribution in [3.8, 4) is 0 Å². The van der Waals surface area contributed by atoms with Crippen LogP contribution in [-0.4, -0.2) is 9.55 Å². The van der Waals surface area contributed by atoms with Crippen LogP contribution in [0.2, 0.25) is 0 Å². The Bertz CT molecular complexity index is 744. The van der Waals surface area contributed by atoms with Gasteiger partial charge in [-0.3, -0.25) is 0 Å². The van der Waals surface area contributed by atoms with Gasteiger partial charge in [-0.15, -0.1) is 0 Å². The molecule has 4 heteroatoms. The Kier molecular flexibility index (Phi) is 3.14. The molecule has 20 heavy (non-hydrogen) atoms. The zero-order valence-electron chi connectivity index (χ0n) is 11.5. The van der Waals surface area contributed by atoms with E-state index in [-0.39, 0.29) is 5.82 Å². The van der Waals surface area contributed by atoms with E-state index in [4.69, 9.17) is 0 Å². The first kappa shape index (κ1) is 12.7. The average molecular weight is 269 g/mol. The van der Waals surface area contributed by atoms with E-state index >= 15 is 0 Å². The number of aromatic nitrogens is 2. The molecular formula is C16H16FN3. The first-order valence-electron chi connectivity index (χ1n) is 6.55. The summed E-state index contributed by atoms with van der Waals surface area (Å²) in [5.41, 5.74) is 3.49. The molecule has 0 radical (unpaired) electrons. The third-order valence-corrected chi connectivity index (χ3v) is 3.46. The van der Waals surface area contributed by atoms with Gasteiger partial charge in [0.05, 0.1) is 12.1 Å². The lowest BCUT2D eigenvalue weighted by Crippen LogP contribution is -2.05. The molecule has 0 aliphatic rings. The second kappa shape index (κ2) is 4.96. The van der Waals surface area contributed by atoms with Crippen LogP contribution >= 0.6 is 0 Å². The molecule has 1 heterocycles. The molecule has 0 unspecified atom stereocenters. The van der Waals surface area contributed by atoms with Crippen LogP contribution in [0.4, 0.5) is 10.1 Å². The maximum atomic E-state index is 13.7. The van der Waals surface area contributed by atoms with Crippen LogP contribution in [0.3, 0.4) is 0 Å². The Morgan fingerprint density at radius 3 is 2.60 bits per heavy atom. The molecule has 3 rings (SSSR count). The number of nitrogens with zero attached hydrogens (tertiary/aromatic N) is 2. The normalized spacial score (nSPS) is 10.9. The third-order valence-electron chi connectivity index (χ3n) is 3.46. The molecule has 1 N–H and O–H groups in total. The summed E-state index contributed by atoms with van der Waals surface area (Å²) in [5, 5.41) is 3.30. The molecule has 0 amide bonds. The first-order chi connectivity index (χ1) is 9.65. The van der Waals surface area contributed by atoms with Crippen molar-refractivity contribution in [3.63, 3.8) is 0 Å². The summed E-state index contributed by atoms with van der Waals surface area (Å²) in [5.74, 6) is 0.533. The number of hydrogen-bond acceptors (Lipinski definition) is 2. The SMILES string of the molecule is Cc1ccc(NCc2nc3c(F)cccc3n2C)cc1. The van der Waals surface area contributed by atoms with E-state index in [0.717, 1.165) is 17.0 Å². The number of anilines is 1. The summed E-state index contributed by atoms with van der Waals surface area (Å²) in [6, 6.07) is 13.2. The Morgan fingerprint density at radius 2 is 1.90 bits per heavy atom. The minimum Gasteiger partial charge on any atom is -0.378 e. The molecule has 0 aliphatic carbocycles. The summed E-state index contributed by atoms with van der Waals surface area (Å²) in [6.45, 7) is 2.62. The molecule has 0 saturated carbocycles. The lowest BCUT2D eigenvalue weighted by molar-refractivity contribution is 0.637. The number of rotatable bonds is 3. The maximum Gasteiger partial charge on any atom is 0.151 e. The summed E-state index contributed by atoms with van der Waals surface area (Å²) in [6.07, 6.45) is 0. The Balaban J connectivity index is 1.86. The molecule has 1 aromatic heterocycles. The van der Waals surface area contributed by atoms with Gasteiger partial charge in [0.15, 0.2) is 5.82 Å². The molecule has 0 aliphatic heterocycles. The highest BCUT2D eigenvalue weighted by Crippen LogP contribution is 2.18. The highest BCUT2D eigenvalue weighted by molar-refractivity contribution is 5.76. The van der Waals surface area contributed by atoms with E-state index in [1.807, 2.05) is 29.8 Å². The quantitative estimate of drug-likeness (QED) is 0.786. The van der Waals surface area contributed by atoms with Crippen molar-refractivity contribution in [2.75, 3.05) is 5.32 Å². The van der Waals surface area contributed by atoms with Crippen LogP contribution in [0.25, 0.3) is 11.0 Å². The lowest BCUT2D eigenvalue weighted by atomic mass is 10.2. The number of aryl methyl sites for hydroxylation is 2. The smallest absolute Gasteiger partial charge is 0.151 e. The van der Waals surface area contributed by atoms with Crippen LogP contribution in [0.15, 0.2) is 42.5 Å². The van der Waals surface area contributed by atoms with Crippen molar-refractivity contribution in [1.29, 1.82) is 0 Å². The maximum absolute atomic E-state index is 13.7. The summed E-state index contributed by atoms with van der Waals surface area (Å²) >= 11 is 0. The van der Waals surface area contributed by atoms with Gasteiger partial charge in [-0.1, -0.05) is 23.8 Å². The molecule has 3 nitrogen and oxygen atoms in total. The van der Waals surface area contributed by atoms with E-state index in [9.17, 15) is 4.39 Å². The largest absolute Gasteiger partial charge is 0.378 e. The predicted molar refractivity (Wildman–Crippen MR) is 79.2 cm³/mol. The highest BCUT2D eigenvalue weighted by atomic mass is 19.1. The fourth-order valence-electron chi connectivity index (χ4n) is 2.24. The van der Waals surface area contributed by atoms with Crippen LogP contribution < -0.4 is 5.32 Å². The minimum absolute atomic E-state index is 0.278. The van der Waals surface area contributed by atoms with E-state index in [2.05, 4.69) is 29.4 Å². The fourth-order valence-corrected chi connectivity index (χ4v) is 2.24. The zero-order chi connectivity index (χ0) is 14.1. The van der Waals surface area contributed by atoms with Crippen LogP contribution in [0.1, 0.15) is 11.4 Å². The molecule has 0 atom stereocenters. The van der Waals surface area contributed by atoms with Crippen molar-refractivity contribution in [2.24, 2.45) is 7.05 Å². The Morgan fingerprint density at radius 1 is 1.15 bits per heavy atom. The van der Waals surface area contributed by atoms with E-state index in [0.29, 0.717) is 12.1 Å². The van der Waals surface area contributed by atoms with Gasteiger partial charge in [-0.05, 0) is 31.2 Å². The van der Waals surface area contributed by atoms with Crippen molar-refractivity contribution in [3.05, 3.63) is 59.7 Å². The van der Waals surface area contributed by atoms with Crippen molar-refractivity contribution in [2.45, 2.75) is 13.5 Å². The van der Waals surface area contributed by atoms with Crippen LogP contribution in [0, 0.1) is 12.7 Å². The number of halogens is 1. The molecule has 2 aromatic carbocycles. The molecule has 102 valence electrons. The fraction of sp³-hybridized carbons (Fsp3) is 0.188. The van der Waals surface area contributed by atoms with Gasteiger partial charge in [-0.2, -0.15) is 0 Å². The third kappa shape index (κ3) is 2.25. The topological polar surface area (TPSA) is 29.9 Å². The molecule has 0 bridgehead atoms. The van der Waals surface area contributed by atoms with Crippen molar-refractivity contribution >= 4 is 16.7 Å². The molecule has 3 aromatic rings. The summed E-state index contributed by atoms with van der Waals surface area (Å²) in [7, 11) is 1.90. The second-order valence-corrected chi connectivity index (χ2v) is 4.91. The molecular weight excluding hydrogens is 253 g/mol. The van der Waals surface area contributed by atoms with Gasteiger partial charge in [0.2, 0.25) is 0 Å². The Labute approximate surface area is 117 Å². The van der Waals surface area contributed by atoms with Crippen LogP contribution in [0.5, 0.6) is 0 Å². The second-order valence-electron chi connectivity index (χ2n) is 4.91. The molecule has 0 fully saturated rings. The lowest BCUT2D eigenvalue weighted by Gasteiger charge is -2.06. The number of fused-ring (bicyclic) bond motifs is 1.